The average Bonchev–Trinajstić information content (AvgIpc) is 3.49. The van der Waals surface area contributed by atoms with Crippen molar-refractivity contribution in [3.63, 3.8) is 0 Å². The van der Waals surface area contributed by atoms with Gasteiger partial charge in [-0.25, -0.2) is 0 Å². The smallest absolute Gasteiger partial charge is 0.244 e. The second kappa shape index (κ2) is 8.89. The van der Waals surface area contributed by atoms with Crippen LogP contribution < -0.4 is 10.2 Å². The predicted molar refractivity (Wildman–Crippen MR) is 131 cm³/mol. The van der Waals surface area contributed by atoms with Crippen LogP contribution in [0.5, 0.6) is 0 Å². The highest BCUT2D eigenvalue weighted by molar-refractivity contribution is 6.10. The highest BCUT2D eigenvalue weighted by Crippen LogP contribution is 2.34. The first-order valence-electron chi connectivity index (χ1n) is 12.4. The number of benzene rings is 1. The van der Waals surface area contributed by atoms with E-state index < -0.39 is 0 Å². The number of aromatic nitrogens is 5. The van der Waals surface area contributed by atoms with E-state index in [0.717, 1.165) is 29.3 Å². The first kappa shape index (κ1) is 22.4. The minimum Gasteiger partial charge on any atom is -0.338 e. The van der Waals surface area contributed by atoms with E-state index in [2.05, 4.69) is 20.1 Å². The summed E-state index contributed by atoms with van der Waals surface area (Å²) in [5.41, 5.74) is 4.13. The van der Waals surface area contributed by atoms with Crippen molar-refractivity contribution >= 4 is 29.1 Å². The molecule has 0 bridgehead atoms. The molecule has 0 atom stereocenters. The Morgan fingerprint density at radius 2 is 1.92 bits per heavy atom. The summed E-state index contributed by atoms with van der Waals surface area (Å²) in [6.45, 7) is 1.84. The number of hydrogen-bond acceptors (Lipinski definition) is 6. The highest BCUT2D eigenvalue weighted by atomic mass is 16.2. The molecule has 1 aliphatic carbocycles. The van der Waals surface area contributed by atoms with E-state index in [1.807, 2.05) is 23.9 Å². The summed E-state index contributed by atoms with van der Waals surface area (Å²) in [4.78, 5) is 41.4. The number of aryl methyl sites for hydroxylation is 1. The van der Waals surface area contributed by atoms with E-state index in [4.69, 9.17) is 5.10 Å². The van der Waals surface area contributed by atoms with Crippen LogP contribution in [-0.4, -0.2) is 60.3 Å². The number of nitrogens with zero attached hydrogens (tertiary/aromatic N) is 7. The molecule has 3 aliphatic rings. The molecule has 1 N–H and O–H groups in total. The number of para-hydroxylation sites is 2. The van der Waals surface area contributed by atoms with Crippen LogP contribution in [0.2, 0.25) is 0 Å². The van der Waals surface area contributed by atoms with Gasteiger partial charge in [0.1, 0.15) is 18.6 Å². The Bertz CT molecular complexity index is 1360. The summed E-state index contributed by atoms with van der Waals surface area (Å²) < 4.78 is 3.94. The van der Waals surface area contributed by atoms with Gasteiger partial charge in [0, 0.05) is 57.2 Å². The fourth-order valence-electron chi connectivity index (χ4n) is 5.10. The normalized spacial score (nSPS) is 17.0. The molecule has 3 amide bonds. The van der Waals surface area contributed by atoms with Crippen LogP contribution in [0.25, 0.3) is 11.5 Å². The van der Waals surface area contributed by atoms with Crippen molar-refractivity contribution in [1.29, 1.82) is 0 Å². The van der Waals surface area contributed by atoms with E-state index in [9.17, 15) is 14.4 Å². The number of rotatable bonds is 6. The van der Waals surface area contributed by atoms with Gasteiger partial charge in [0.2, 0.25) is 17.7 Å². The summed E-state index contributed by atoms with van der Waals surface area (Å²) in [6, 6.07) is 7.19. The van der Waals surface area contributed by atoms with Crippen molar-refractivity contribution in [2.24, 2.45) is 13.0 Å². The third-order valence-corrected chi connectivity index (χ3v) is 7.20. The van der Waals surface area contributed by atoms with Crippen LogP contribution in [-0.2, 0) is 40.9 Å². The van der Waals surface area contributed by atoms with E-state index in [1.165, 1.54) is 17.7 Å². The molecule has 11 nitrogen and oxygen atoms in total. The van der Waals surface area contributed by atoms with Crippen LogP contribution in [0.4, 0.5) is 11.4 Å². The number of amides is 3. The first-order valence-corrected chi connectivity index (χ1v) is 12.4. The maximum atomic E-state index is 13.1. The van der Waals surface area contributed by atoms with Gasteiger partial charge in [-0.3, -0.25) is 19.1 Å². The van der Waals surface area contributed by atoms with Crippen LogP contribution in [0, 0.1) is 5.92 Å². The molecule has 3 aromatic rings. The number of nitrogens with one attached hydrogen (secondary N) is 1. The maximum absolute atomic E-state index is 13.1. The second-order valence-electron chi connectivity index (χ2n) is 9.76. The van der Waals surface area contributed by atoms with Crippen LogP contribution >= 0.6 is 0 Å². The largest absolute Gasteiger partial charge is 0.338 e. The fraction of sp³-hybridized carbons (Fsp3) is 0.440. The molecule has 1 saturated carbocycles. The summed E-state index contributed by atoms with van der Waals surface area (Å²) in [5.74, 6) is 0.852. The zero-order valence-corrected chi connectivity index (χ0v) is 20.2. The summed E-state index contributed by atoms with van der Waals surface area (Å²) in [6.07, 6.45) is 5.03. The first-order chi connectivity index (χ1) is 17.5. The molecule has 0 saturated heterocycles. The predicted octanol–water partition coefficient (Wildman–Crippen LogP) is 1.74. The lowest BCUT2D eigenvalue weighted by molar-refractivity contribution is -0.134. The van der Waals surface area contributed by atoms with Crippen molar-refractivity contribution < 1.29 is 14.4 Å². The lowest BCUT2D eigenvalue weighted by Gasteiger charge is -2.30. The molecule has 2 aromatic heterocycles. The Hall–Kier alpha value is -4.02. The summed E-state index contributed by atoms with van der Waals surface area (Å²) in [5, 5.41) is 16.0. The number of hydrogen-bond donors (Lipinski definition) is 1. The molecule has 0 spiro atoms. The molecule has 11 heteroatoms. The molecule has 1 aromatic carbocycles. The molecule has 1 fully saturated rings. The average molecular weight is 489 g/mol. The van der Waals surface area contributed by atoms with Gasteiger partial charge in [-0.15, -0.1) is 10.2 Å². The number of fused-ring (bicyclic) bond motifs is 2. The third-order valence-electron chi connectivity index (χ3n) is 7.20. The van der Waals surface area contributed by atoms with Gasteiger partial charge in [-0.1, -0.05) is 12.1 Å². The Labute approximate surface area is 208 Å². The quantitative estimate of drug-likeness (QED) is 0.565. The van der Waals surface area contributed by atoms with E-state index in [1.54, 1.807) is 23.4 Å². The van der Waals surface area contributed by atoms with E-state index in [-0.39, 0.29) is 37.1 Å². The van der Waals surface area contributed by atoms with E-state index in [0.29, 0.717) is 36.8 Å². The van der Waals surface area contributed by atoms with Gasteiger partial charge in [0.25, 0.3) is 0 Å². The zero-order chi connectivity index (χ0) is 24.8. The topological polar surface area (TPSA) is 118 Å². The lowest BCUT2D eigenvalue weighted by Crippen LogP contribution is -2.43. The fourth-order valence-corrected chi connectivity index (χ4v) is 5.10. The monoisotopic (exact) mass is 488 g/mol. The van der Waals surface area contributed by atoms with Gasteiger partial charge in [-0.2, -0.15) is 5.10 Å². The molecule has 0 radical (unpaired) electrons. The Balaban J connectivity index is 1.15. The Morgan fingerprint density at radius 3 is 2.75 bits per heavy atom. The van der Waals surface area contributed by atoms with Crippen molar-refractivity contribution in [1.82, 2.24) is 29.4 Å². The number of carbonyl (C=O) groups is 3. The second-order valence-corrected chi connectivity index (χ2v) is 9.76. The highest BCUT2D eigenvalue weighted by Gasteiger charge is 2.31. The summed E-state index contributed by atoms with van der Waals surface area (Å²) in [7, 11) is 1.92. The van der Waals surface area contributed by atoms with Gasteiger partial charge < -0.3 is 19.7 Å². The van der Waals surface area contributed by atoms with Crippen LogP contribution in [0.15, 0.2) is 30.6 Å². The number of carbonyl (C=O) groups excluding carboxylic acids is 3. The van der Waals surface area contributed by atoms with E-state index >= 15 is 0 Å². The van der Waals surface area contributed by atoms with Crippen LogP contribution in [0.3, 0.4) is 0 Å². The third kappa shape index (κ3) is 4.14. The Morgan fingerprint density at radius 1 is 1.11 bits per heavy atom. The minimum absolute atomic E-state index is 0.0411. The van der Waals surface area contributed by atoms with Gasteiger partial charge in [0.05, 0.1) is 11.4 Å². The minimum atomic E-state index is -0.240. The molecular weight excluding hydrogens is 460 g/mol. The van der Waals surface area contributed by atoms with Crippen LogP contribution in [0.1, 0.15) is 36.9 Å². The van der Waals surface area contributed by atoms with Gasteiger partial charge in [-0.05, 0) is 30.9 Å². The standard InChI is InChI=1S/C25H28N8O3/c1-30-19-10-11-31(13-17(19)24(29-30)25-28-26-15-32(25)12-16-6-7-16)22(35)8-9-23(36)33-14-21(34)27-18-4-2-3-5-20(18)33/h2-5,15-16H,6-14H2,1H3,(H,27,34). The van der Waals surface area contributed by atoms with Gasteiger partial charge in [0.15, 0.2) is 5.82 Å². The number of anilines is 2. The molecule has 36 heavy (non-hydrogen) atoms. The molecule has 6 rings (SSSR count). The molecule has 2 aliphatic heterocycles. The lowest BCUT2D eigenvalue weighted by atomic mass is 10.0. The summed E-state index contributed by atoms with van der Waals surface area (Å²) >= 11 is 0. The van der Waals surface area contributed by atoms with Gasteiger partial charge >= 0.3 is 0 Å². The molecule has 0 unspecified atom stereocenters. The SMILES string of the molecule is Cn1nc(-c2nncn2CC2CC2)c2c1CCN(C(=O)CCC(=O)N1CC(=O)Nc3ccccc31)C2. The zero-order valence-electron chi connectivity index (χ0n) is 20.2. The molecule has 4 heterocycles. The van der Waals surface area contributed by atoms with Crippen molar-refractivity contribution in [2.75, 3.05) is 23.3 Å². The maximum Gasteiger partial charge on any atom is 0.244 e. The van der Waals surface area contributed by atoms with Crippen molar-refractivity contribution in [3.05, 3.63) is 41.9 Å². The van der Waals surface area contributed by atoms with Crippen molar-refractivity contribution in [3.8, 4) is 11.5 Å². The van der Waals surface area contributed by atoms with Crippen molar-refractivity contribution in [2.45, 2.75) is 45.2 Å². The molecular formula is C25H28N8O3. The molecule has 186 valence electrons. The Kier molecular flexibility index (Phi) is 5.54.